The van der Waals surface area contributed by atoms with Crippen LogP contribution in [0.4, 0.5) is 11.8 Å². The van der Waals surface area contributed by atoms with E-state index >= 15 is 0 Å². The molecule has 0 aliphatic carbocycles. The molecule has 1 saturated heterocycles. The number of nitrogen functional groups attached to an aromatic ring is 1. The topological polar surface area (TPSA) is 136 Å². The lowest BCUT2D eigenvalue weighted by molar-refractivity contribution is 0.0522. The minimum absolute atomic E-state index is 0.149. The van der Waals surface area contributed by atoms with E-state index in [1.54, 1.807) is 55.6 Å². The zero-order valence-corrected chi connectivity index (χ0v) is 22.5. The maximum Gasteiger partial charge on any atom is 0.343 e. The molecule has 4 aromatic rings. The largest absolute Gasteiger partial charge is 0.462 e. The summed E-state index contributed by atoms with van der Waals surface area (Å²) in [6.45, 7) is 5.81. The number of esters is 1. The van der Waals surface area contributed by atoms with Gasteiger partial charge in [0, 0.05) is 49.9 Å². The molecule has 2 aromatic carbocycles. The lowest BCUT2D eigenvalue weighted by Crippen LogP contribution is -2.45. The summed E-state index contributed by atoms with van der Waals surface area (Å²) in [5.74, 6) is 0.835. The highest BCUT2D eigenvalue weighted by atomic mass is 16.5. The molecule has 3 heterocycles. The Morgan fingerprint density at radius 2 is 1.85 bits per heavy atom. The van der Waals surface area contributed by atoms with E-state index in [-0.39, 0.29) is 36.5 Å². The average Bonchev–Trinajstić information content (AvgIpc) is 2.96. The van der Waals surface area contributed by atoms with Crippen LogP contribution in [0, 0.1) is 0 Å². The number of rotatable bonds is 8. The molecule has 0 spiro atoms. The second-order valence-corrected chi connectivity index (χ2v) is 9.44. The third-order valence-electron chi connectivity index (χ3n) is 6.59. The summed E-state index contributed by atoms with van der Waals surface area (Å²) in [7, 11) is 2.10. The SMILES string of the molecule is CCOC(=O)c1cccnc1Oc1cccc(CNC(=O)c2ccc3c(N4CCN(C)CC4)nc(N)nc3c2)c1. The van der Waals surface area contributed by atoms with Crippen LogP contribution in [-0.4, -0.2) is 71.6 Å². The lowest BCUT2D eigenvalue weighted by Gasteiger charge is -2.33. The Morgan fingerprint density at radius 3 is 2.65 bits per heavy atom. The van der Waals surface area contributed by atoms with Crippen LogP contribution in [0.15, 0.2) is 60.8 Å². The number of piperazine rings is 1. The Morgan fingerprint density at radius 1 is 1.02 bits per heavy atom. The van der Waals surface area contributed by atoms with Crippen molar-refractivity contribution < 1.29 is 19.1 Å². The Bertz CT molecular complexity index is 1540. The smallest absolute Gasteiger partial charge is 0.343 e. The van der Waals surface area contributed by atoms with Crippen LogP contribution >= 0.6 is 0 Å². The summed E-state index contributed by atoms with van der Waals surface area (Å²) in [4.78, 5) is 42.8. The Balaban J connectivity index is 1.28. The van der Waals surface area contributed by atoms with Crippen molar-refractivity contribution in [2.24, 2.45) is 0 Å². The van der Waals surface area contributed by atoms with Crippen molar-refractivity contribution in [3.8, 4) is 11.6 Å². The number of amides is 1. The molecular formula is C29H31N7O4. The van der Waals surface area contributed by atoms with Gasteiger partial charge in [0.2, 0.25) is 11.8 Å². The summed E-state index contributed by atoms with van der Waals surface area (Å²) in [5, 5.41) is 3.80. The van der Waals surface area contributed by atoms with Gasteiger partial charge in [0.25, 0.3) is 5.91 Å². The number of nitrogens with zero attached hydrogens (tertiary/aromatic N) is 5. The number of likely N-dealkylation sites (N-methyl/N-ethyl adjacent to an activating group) is 1. The number of aromatic nitrogens is 3. The van der Waals surface area contributed by atoms with Crippen molar-refractivity contribution in [1.29, 1.82) is 0 Å². The maximum absolute atomic E-state index is 13.0. The molecule has 11 heteroatoms. The first-order chi connectivity index (χ1) is 19.4. The van der Waals surface area contributed by atoms with Gasteiger partial charge in [0.1, 0.15) is 17.1 Å². The average molecular weight is 542 g/mol. The van der Waals surface area contributed by atoms with Crippen molar-refractivity contribution in [2.75, 3.05) is 50.5 Å². The van der Waals surface area contributed by atoms with Gasteiger partial charge >= 0.3 is 5.97 Å². The maximum atomic E-state index is 13.0. The lowest BCUT2D eigenvalue weighted by atomic mass is 10.1. The zero-order chi connectivity index (χ0) is 28.1. The molecule has 1 aliphatic rings. The Labute approximate surface area is 231 Å². The summed E-state index contributed by atoms with van der Waals surface area (Å²) >= 11 is 0. The molecule has 0 unspecified atom stereocenters. The summed E-state index contributed by atoms with van der Waals surface area (Å²) < 4.78 is 11.0. The number of carbonyl (C=O) groups is 2. The Kier molecular flexibility index (Phi) is 8.02. The normalized spacial score (nSPS) is 13.7. The molecule has 11 nitrogen and oxygen atoms in total. The number of fused-ring (bicyclic) bond motifs is 1. The number of benzene rings is 2. The van der Waals surface area contributed by atoms with Gasteiger partial charge in [-0.05, 0) is 62.0 Å². The molecular weight excluding hydrogens is 510 g/mol. The summed E-state index contributed by atoms with van der Waals surface area (Å²) in [5.41, 5.74) is 8.16. The van der Waals surface area contributed by atoms with Gasteiger partial charge in [-0.1, -0.05) is 12.1 Å². The third-order valence-corrected chi connectivity index (χ3v) is 6.59. The van der Waals surface area contributed by atoms with Crippen LogP contribution in [0.3, 0.4) is 0 Å². The minimum Gasteiger partial charge on any atom is -0.462 e. The molecule has 3 N–H and O–H groups in total. The molecule has 0 saturated carbocycles. The van der Waals surface area contributed by atoms with E-state index in [4.69, 9.17) is 15.2 Å². The van der Waals surface area contributed by atoms with Gasteiger partial charge in [-0.25, -0.2) is 14.8 Å². The van der Waals surface area contributed by atoms with Gasteiger partial charge in [-0.3, -0.25) is 4.79 Å². The number of hydrogen-bond donors (Lipinski definition) is 2. The van der Waals surface area contributed by atoms with Crippen molar-refractivity contribution in [3.05, 3.63) is 77.5 Å². The highest BCUT2D eigenvalue weighted by Gasteiger charge is 2.20. The molecule has 1 amide bonds. The molecule has 206 valence electrons. The number of anilines is 2. The van der Waals surface area contributed by atoms with Gasteiger partial charge in [0.05, 0.1) is 12.1 Å². The van der Waals surface area contributed by atoms with Gasteiger partial charge in [-0.2, -0.15) is 4.98 Å². The molecule has 2 aromatic heterocycles. The predicted octanol–water partition coefficient (Wildman–Crippen LogP) is 3.26. The standard InChI is InChI=1S/C29H31N7O4/c1-3-39-28(38)23-8-5-11-31-27(23)40-21-7-4-6-19(16-21)18-32-26(37)20-9-10-22-24(17-20)33-29(30)34-25(22)36-14-12-35(2)13-15-36/h4-11,16-17H,3,12-15,18H2,1-2H3,(H,32,37)(H2,30,33,34). The number of hydrogen-bond acceptors (Lipinski definition) is 10. The van der Waals surface area contributed by atoms with Gasteiger partial charge in [0.15, 0.2) is 0 Å². The van der Waals surface area contributed by atoms with Crippen LogP contribution in [0.5, 0.6) is 11.6 Å². The first kappa shape index (κ1) is 26.8. The van der Waals surface area contributed by atoms with Crippen LogP contribution in [0.1, 0.15) is 33.2 Å². The van der Waals surface area contributed by atoms with E-state index in [1.165, 1.54) is 0 Å². The summed E-state index contributed by atoms with van der Waals surface area (Å²) in [6.07, 6.45) is 1.54. The van der Waals surface area contributed by atoms with Crippen molar-refractivity contribution >= 4 is 34.5 Å². The Hall–Kier alpha value is -4.77. The highest BCUT2D eigenvalue weighted by molar-refractivity contribution is 6.00. The van der Waals surface area contributed by atoms with E-state index in [9.17, 15) is 9.59 Å². The molecule has 0 atom stereocenters. The number of carbonyl (C=O) groups excluding carboxylic acids is 2. The fraction of sp³-hybridized carbons (Fsp3) is 0.276. The molecule has 1 aliphatic heterocycles. The predicted molar refractivity (Wildman–Crippen MR) is 152 cm³/mol. The fourth-order valence-corrected chi connectivity index (χ4v) is 4.48. The molecule has 40 heavy (non-hydrogen) atoms. The van der Waals surface area contributed by atoms with Gasteiger partial charge in [-0.15, -0.1) is 0 Å². The first-order valence-electron chi connectivity index (χ1n) is 13.1. The van der Waals surface area contributed by atoms with Crippen LogP contribution < -0.4 is 20.7 Å². The molecule has 0 radical (unpaired) electrons. The zero-order valence-electron chi connectivity index (χ0n) is 22.5. The van der Waals surface area contributed by atoms with E-state index in [2.05, 4.69) is 37.1 Å². The third kappa shape index (κ3) is 6.10. The van der Waals surface area contributed by atoms with E-state index in [1.807, 2.05) is 12.1 Å². The molecule has 5 rings (SSSR count). The van der Waals surface area contributed by atoms with Crippen molar-refractivity contribution in [2.45, 2.75) is 13.5 Å². The summed E-state index contributed by atoms with van der Waals surface area (Å²) in [6, 6.07) is 15.8. The number of nitrogens with two attached hydrogens (primary N) is 1. The second-order valence-electron chi connectivity index (χ2n) is 9.44. The van der Waals surface area contributed by atoms with E-state index in [0.29, 0.717) is 16.8 Å². The van der Waals surface area contributed by atoms with E-state index < -0.39 is 5.97 Å². The highest BCUT2D eigenvalue weighted by Crippen LogP contribution is 2.27. The fourth-order valence-electron chi connectivity index (χ4n) is 4.48. The first-order valence-corrected chi connectivity index (χ1v) is 13.1. The van der Waals surface area contributed by atoms with Crippen LogP contribution in [0.2, 0.25) is 0 Å². The van der Waals surface area contributed by atoms with Crippen molar-refractivity contribution in [1.82, 2.24) is 25.2 Å². The number of nitrogens with one attached hydrogen (secondary N) is 1. The molecule has 1 fully saturated rings. The van der Waals surface area contributed by atoms with Crippen LogP contribution in [0.25, 0.3) is 10.9 Å². The van der Waals surface area contributed by atoms with Gasteiger partial charge < -0.3 is 30.3 Å². The quantitative estimate of drug-likeness (QED) is 0.320. The van der Waals surface area contributed by atoms with Crippen molar-refractivity contribution in [3.63, 3.8) is 0 Å². The minimum atomic E-state index is -0.507. The molecule has 0 bridgehead atoms. The monoisotopic (exact) mass is 541 g/mol. The number of ether oxygens (including phenoxy) is 2. The van der Waals surface area contributed by atoms with E-state index in [0.717, 1.165) is 42.9 Å². The second kappa shape index (κ2) is 12.0. The number of pyridine rings is 1. The van der Waals surface area contributed by atoms with Crippen LogP contribution in [-0.2, 0) is 11.3 Å².